The molecule has 1 amide bonds. The summed E-state index contributed by atoms with van der Waals surface area (Å²) in [7, 11) is 0. The van der Waals surface area contributed by atoms with Gasteiger partial charge in [0.1, 0.15) is 5.75 Å². The van der Waals surface area contributed by atoms with Crippen molar-refractivity contribution >= 4 is 11.6 Å². The molecule has 2 N–H and O–H groups in total. The molecule has 0 bridgehead atoms. The van der Waals surface area contributed by atoms with Crippen molar-refractivity contribution in [2.75, 3.05) is 12.3 Å². The fraction of sp³-hybridized carbons (Fsp3) is 0.471. The third kappa shape index (κ3) is 3.57. The molecule has 1 aromatic carbocycles. The van der Waals surface area contributed by atoms with E-state index in [0.29, 0.717) is 17.5 Å². The van der Waals surface area contributed by atoms with E-state index in [1.54, 1.807) is 24.3 Å². The third-order valence-electron chi connectivity index (χ3n) is 4.00. The fourth-order valence-electron chi connectivity index (χ4n) is 2.75. The van der Waals surface area contributed by atoms with Gasteiger partial charge < -0.3 is 15.4 Å². The van der Waals surface area contributed by atoms with Crippen LogP contribution in [0.25, 0.3) is 0 Å². The number of benzene rings is 1. The van der Waals surface area contributed by atoms with Crippen LogP contribution >= 0.6 is 0 Å². The topological polar surface area (TPSA) is 55.6 Å². The van der Waals surface area contributed by atoms with E-state index in [9.17, 15) is 4.79 Å². The first-order valence-corrected chi connectivity index (χ1v) is 7.73. The average molecular weight is 286 g/mol. The number of amides is 1. The van der Waals surface area contributed by atoms with E-state index in [0.717, 1.165) is 25.7 Å². The summed E-state index contributed by atoms with van der Waals surface area (Å²) in [4.78, 5) is 14.5. The van der Waals surface area contributed by atoms with Gasteiger partial charge in [-0.05, 0) is 62.8 Å². The van der Waals surface area contributed by atoms with Crippen molar-refractivity contribution < 1.29 is 9.53 Å². The zero-order valence-electron chi connectivity index (χ0n) is 12.3. The Kier molecular flexibility index (Phi) is 4.13. The number of hydrogen-bond donors (Lipinski definition) is 1. The zero-order chi connectivity index (χ0) is 14.7. The maximum atomic E-state index is 12.5. The first-order valence-electron chi connectivity index (χ1n) is 7.73. The summed E-state index contributed by atoms with van der Waals surface area (Å²) < 4.78 is 5.60. The van der Waals surface area contributed by atoms with Gasteiger partial charge in [-0.2, -0.15) is 0 Å². The summed E-state index contributed by atoms with van der Waals surface area (Å²) in [6.07, 6.45) is 8.98. The molecule has 0 unspecified atom stereocenters. The molecular weight excluding hydrogens is 264 g/mol. The lowest BCUT2D eigenvalue weighted by molar-refractivity contribution is -0.132. The van der Waals surface area contributed by atoms with E-state index >= 15 is 0 Å². The van der Waals surface area contributed by atoms with Gasteiger partial charge in [-0.1, -0.05) is 6.08 Å². The van der Waals surface area contributed by atoms with Crippen molar-refractivity contribution in [2.45, 2.75) is 44.6 Å². The number of nitrogens with zero attached hydrogens (tertiary/aromatic N) is 1. The van der Waals surface area contributed by atoms with Gasteiger partial charge in [-0.25, -0.2) is 0 Å². The lowest BCUT2D eigenvalue weighted by atomic mass is 10.0. The van der Waals surface area contributed by atoms with E-state index in [2.05, 4.69) is 6.08 Å². The molecule has 0 aliphatic heterocycles. The van der Waals surface area contributed by atoms with Crippen LogP contribution in [0.4, 0.5) is 5.69 Å². The van der Waals surface area contributed by atoms with Crippen LogP contribution in [-0.2, 0) is 4.79 Å². The van der Waals surface area contributed by atoms with E-state index in [1.165, 1.54) is 18.5 Å². The Bertz CT molecular complexity index is 532. The molecule has 112 valence electrons. The number of allylic oxidation sites excluding steroid dienone is 2. The van der Waals surface area contributed by atoms with Crippen LogP contribution in [0, 0.1) is 0 Å². The molecule has 1 fully saturated rings. The van der Waals surface area contributed by atoms with Crippen molar-refractivity contribution in [3.8, 4) is 5.75 Å². The third-order valence-corrected chi connectivity index (χ3v) is 4.00. The van der Waals surface area contributed by atoms with E-state index in [4.69, 9.17) is 10.5 Å². The van der Waals surface area contributed by atoms with Crippen LogP contribution in [0.15, 0.2) is 36.0 Å². The molecule has 0 heterocycles. The van der Waals surface area contributed by atoms with Crippen LogP contribution in [0.2, 0.25) is 0 Å². The highest BCUT2D eigenvalue weighted by Crippen LogP contribution is 2.33. The Balaban J connectivity index is 1.62. The number of carbonyl (C=O) groups is 1. The summed E-state index contributed by atoms with van der Waals surface area (Å²) in [5.41, 5.74) is 7.54. The molecule has 21 heavy (non-hydrogen) atoms. The predicted octanol–water partition coefficient (Wildman–Crippen LogP) is 3.10. The second-order valence-corrected chi connectivity index (χ2v) is 5.79. The molecule has 2 aliphatic carbocycles. The number of nitrogens with two attached hydrogens (primary N) is 1. The van der Waals surface area contributed by atoms with Crippen LogP contribution in [0.5, 0.6) is 5.75 Å². The summed E-state index contributed by atoms with van der Waals surface area (Å²) in [6, 6.07) is 7.55. The first kappa shape index (κ1) is 14.0. The average Bonchev–Trinajstić information content (AvgIpc) is 3.33. The number of carbonyl (C=O) groups excluding carboxylic acids is 1. The summed E-state index contributed by atoms with van der Waals surface area (Å²) in [5, 5.41) is 0. The number of ether oxygens (including phenoxy) is 1. The van der Waals surface area contributed by atoms with Crippen molar-refractivity contribution in [3.05, 3.63) is 36.0 Å². The smallest absolute Gasteiger partial charge is 0.264 e. The Morgan fingerprint density at radius 3 is 2.62 bits per heavy atom. The normalized spacial score (nSPS) is 18.0. The predicted molar refractivity (Wildman–Crippen MR) is 82.8 cm³/mol. The highest BCUT2D eigenvalue weighted by Gasteiger charge is 2.35. The minimum Gasteiger partial charge on any atom is -0.484 e. The number of anilines is 1. The second kappa shape index (κ2) is 6.20. The number of hydrogen-bond acceptors (Lipinski definition) is 3. The second-order valence-electron chi connectivity index (χ2n) is 5.79. The van der Waals surface area contributed by atoms with E-state index in [-0.39, 0.29) is 12.5 Å². The standard InChI is InChI=1S/C17H22N2O2/c18-13-6-10-16(11-7-13)21-12-17(20)19(15-8-9-15)14-4-2-1-3-5-14/h4,6-7,10-11,15H,1-3,5,8-9,12,18H2. The Hall–Kier alpha value is -1.97. The van der Waals surface area contributed by atoms with Crippen LogP contribution in [-0.4, -0.2) is 23.5 Å². The first-order chi connectivity index (χ1) is 10.2. The molecule has 3 rings (SSSR count). The van der Waals surface area contributed by atoms with Crippen LogP contribution in [0.3, 0.4) is 0 Å². The van der Waals surface area contributed by atoms with Crippen molar-refractivity contribution in [2.24, 2.45) is 0 Å². The molecule has 0 spiro atoms. The molecule has 2 aliphatic rings. The minimum absolute atomic E-state index is 0.0717. The number of rotatable bonds is 5. The van der Waals surface area contributed by atoms with Gasteiger partial charge in [0.2, 0.25) is 0 Å². The largest absolute Gasteiger partial charge is 0.484 e. The van der Waals surface area contributed by atoms with Crippen LogP contribution in [0.1, 0.15) is 38.5 Å². The molecule has 0 saturated heterocycles. The molecule has 4 heteroatoms. The molecule has 0 atom stereocenters. The fourth-order valence-corrected chi connectivity index (χ4v) is 2.75. The Morgan fingerprint density at radius 2 is 2.00 bits per heavy atom. The maximum absolute atomic E-state index is 12.5. The highest BCUT2D eigenvalue weighted by molar-refractivity contribution is 5.80. The van der Waals surface area contributed by atoms with Gasteiger partial charge in [0.05, 0.1) is 0 Å². The van der Waals surface area contributed by atoms with Crippen molar-refractivity contribution in [3.63, 3.8) is 0 Å². The lowest BCUT2D eigenvalue weighted by Crippen LogP contribution is -2.36. The molecule has 0 aromatic heterocycles. The van der Waals surface area contributed by atoms with Gasteiger partial charge in [0.15, 0.2) is 6.61 Å². The van der Waals surface area contributed by atoms with Crippen molar-refractivity contribution in [1.29, 1.82) is 0 Å². The monoisotopic (exact) mass is 286 g/mol. The molecule has 1 saturated carbocycles. The Morgan fingerprint density at radius 1 is 1.24 bits per heavy atom. The van der Waals surface area contributed by atoms with Crippen molar-refractivity contribution in [1.82, 2.24) is 4.90 Å². The lowest BCUT2D eigenvalue weighted by Gasteiger charge is -2.27. The van der Waals surface area contributed by atoms with Gasteiger partial charge in [-0.15, -0.1) is 0 Å². The summed E-state index contributed by atoms with van der Waals surface area (Å²) in [5.74, 6) is 0.758. The SMILES string of the molecule is Nc1ccc(OCC(=O)N(C2=CCCCC2)C2CC2)cc1. The highest BCUT2D eigenvalue weighted by atomic mass is 16.5. The maximum Gasteiger partial charge on any atom is 0.264 e. The van der Waals surface area contributed by atoms with Gasteiger partial charge >= 0.3 is 0 Å². The van der Waals surface area contributed by atoms with Gasteiger partial charge in [0.25, 0.3) is 5.91 Å². The van der Waals surface area contributed by atoms with Crippen LogP contribution < -0.4 is 10.5 Å². The quantitative estimate of drug-likeness (QED) is 0.846. The molecule has 1 aromatic rings. The van der Waals surface area contributed by atoms with E-state index in [1.807, 2.05) is 4.90 Å². The zero-order valence-corrected chi connectivity index (χ0v) is 12.3. The van der Waals surface area contributed by atoms with Gasteiger partial charge in [-0.3, -0.25) is 4.79 Å². The molecule has 0 radical (unpaired) electrons. The summed E-state index contributed by atoms with van der Waals surface area (Å²) in [6.45, 7) is 0.0950. The molecular formula is C17H22N2O2. The Labute approximate surface area is 125 Å². The van der Waals surface area contributed by atoms with Gasteiger partial charge in [0, 0.05) is 17.4 Å². The minimum atomic E-state index is 0.0717. The summed E-state index contributed by atoms with van der Waals surface area (Å²) >= 11 is 0. The van der Waals surface area contributed by atoms with E-state index < -0.39 is 0 Å². The molecule has 4 nitrogen and oxygen atoms in total. The number of nitrogen functional groups attached to an aromatic ring is 1.